The van der Waals surface area contributed by atoms with E-state index >= 15 is 0 Å². The van der Waals surface area contributed by atoms with Gasteiger partial charge in [-0.1, -0.05) is 34.9 Å². The fourth-order valence-electron chi connectivity index (χ4n) is 2.84. The SMILES string of the molecule is O=C(NCCC1=CCCCC1)c1cnc(Nc2cc(Cl)cc(Cl)c2)cn1. The van der Waals surface area contributed by atoms with Crippen molar-refractivity contribution >= 4 is 40.6 Å². The molecule has 0 unspecified atom stereocenters. The number of halogens is 2. The summed E-state index contributed by atoms with van der Waals surface area (Å²) >= 11 is 11.9. The quantitative estimate of drug-likeness (QED) is 0.669. The van der Waals surface area contributed by atoms with Crippen LogP contribution in [-0.4, -0.2) is 22.4 Å². The topological polar surface area (TPSA) is 66.9 Å². The lowest BCUT2D eigenvalue weighted by Gasteiger charge is -2.12. The van der Waals surface area contributed by atoms with E-state index in [1.807, 2.05) is 0 Å². The molecule has 0 bridgehead atoms. The van der Waals surface area contributed by atoms with Crippen LogP contribution < -0.4 is 10.6 Å². The lowest BCUT2D eigenvalue weighted by molar-refractivity contribution is 0.0948. The van der Waals surface area contributed by atoms with Crippen LogP contribution in [0.3, 0.4) is 0 Å². The molecule has 1 aliphatic rings. The highest BCUT2D eigenvalue weighted by molar-refractivity contribution is 6.35. The van der Waals surface area contributed by atoms with E-state index in [0.29, 0.717) is 28.1 Å². The minimum absolute atomic E-state index is 0.216. The summed E-state index contributed by atoms with van der Waals surface area (Å²) in [7, 11) is 0. The number of nitrogens with one attached hydrogen (secondary N) is 2. The van der Waals surface area contributed by atoms with E-state index in [2.05, 4.69) is 26.7 Å². The van der Waals surface area contributed by atoms with Crippen molar-refractivity contribution < 1.29 is 4.79 Å². The number of anilines is 2. The number of carbonyl (C=O) groups excluding carboxylic acids is 1. The van der Waals surface area contributed by atoms with Crippen LogP contribution in [0.25, 0.3) is 0 Å². The molecule has 0 aliphatic heterocycles. The Morgan fingerprint density at radius 2 is 1.88 bits per heavy atom. The first-order valence-electron chi connectivity index (χ1n) is 8.61. The van der Waals surface area contributed by atoms with Crippen LogP contribution in [0.4, 0.5) is 11.5 Å². The Hall–Kier alpha value is -2.11. The van der Waals surface area contributed by atoms with E-state index in [0.717, 1.165) is 19.3 Å². The lowest BCUT2D eigenvalue weighted by atomic mass is 9.97. The molecule has 3 rings (SSSR count). The van der Waals surface area contributed by atoms with Gasteiger partial charge in [-0.3, -0.25) is 4.79 Å². The average molecular weight is 391 g/mol. The van der Waals surface area contributed by atoms with E-state index in [4.69, 9.17) is 23.2 Å². The summed E-state index contributed by atoms with van der Waals surface area (Å²) in [6.07, 6.45) is 11.0. The number of hydrogen-bond donors (Lipinski definition) is 2. The largest absolute Gasteiger partial charge is 0.350 e. The van der Waals surface area contributed by atoms with E-state index in [9.17, 15) is 4.79 Å². The van der Waals surface area contributed by atoms with Gasteiger partial charge < -0.3 is 10.6 Å². The van der Waals surface area contributed by atoms with Crippen molar-refractivity contribution in [1.82, 2.24) is 15.3 Å². The molecule has 1 amide bonds. The Labute approximate surface area is 162 Å². The molecular weight excluding hydrogens is 371 g/mol. The van der Waals surface area contributed by atoms with Gasteiger partial charge in [0.25, 0.3) is 5.91 Å². The molecule has 7 heteroatoms. The van der Waals surface area contributed by atoms with Crippen molar-refractivity contribution in [3.63, 3.8) is 0 Å². The van der Waals surface area contributed by atoms with Crippen LogP contribution >= 0.6 is 23.2 Å². The molecule has 1 heterocycles. The summed E-state index contributed by atoms with van der Waals surface area (Å²) in [4.78, 5) is 20.5. The molecule has 0 spiro atoms. The van der Waals surface area contributed by atoms with E-state index in [1.54, 1.807) is 18.2 Å². The van der Waals surface area contributed by atoms with Crippen molar-refractivity contribution in [1.29, 1.82) is 0 Å². The first kappa shape index (κ1) is 18.7. The molecule has 0 fully saturated rings. The van der Waals surface area contributed by atoms with Gasteiger partial charge in [0.05, 0.1) is 12.4 Å². The maximum absolute atomic E-state index is 12.2. The lowest BCUT2D eigenvalue weighted by Crippen LogP contribution is -2.26. The second kappa shape index (κ2) is 9.01. The Bertz CT molecular complexity index is 785. The van der Waals surface area contributed by atoms with Crippen LogP contribution in [0.5, 0.6) is 0 Å². The van der Waals surface area contributed by atoms with E-state index < -0.39 is 0 Å². The van der Waals surface area contributed by atoms with Crippen LogP contribution in [0.1, 0.15) is 42.6 Å². The first-order valence-corrected chi connectivity index (χ1v) is 9.37. The molecular formula is C19H20Cl2N4O. The number of aromatic nitrogens is 2. The Morgan fingerprint density at radius 1 is 1.08 bits per heavy atom. The van der Waals surface area contributed by atoms with Crippen LogP contribution in [0, 0.1) is 0 Å². The number of hydrogen-bond acceptors (Lipinski definition) is 4. The van der Waals surface area contributed by atoms with E-state index in [-0.39, 0.29) is 11.6 Å². The third-order valence-electron chi connectivity index (χ3n) is 4.14. The van der Waals surface area contributed by atoms with Crippen LogP contribution in [0.15, 0.2) is 42.2 Å². The van der Waals surface area contributed by atoms with E-state index in [1.165, 1.54) is 30.8 Å². The van der Waals surface area contributed by atoms with Crippen LogP contribution in [-0.2, 0) is 0 Å². The molecule has 1 aromatic carbocycles. The fraction of sp³-hybridized carbons (Fsp3) is 0.316. The minimum Gasteiger partial charge on any atom is -0.350 e. The summed E-state index contributed by atoms with van der Waals surface area (Å²) in [6.45, 7) is 0.618. The van der Waals surface area contributed by atoms with Crippen molar-refractivity contribution in [3.8, 4) is 0 Å². The third-order valence-corrected chi connectivity index (χ3v) is 4.57. The Morgan fingerprint density at radius 3 is 2.54 bits per heavy atom. The normalized spacial score (nSPS) is 13.8. The summed E-state index contributed by atoms with van der Waals surface area (Å²) < 4.78 is 0. The summed E-state index contributed by atoms with van der Waals surface area (Å²) in [5.41, 5.74) is 2.43. The predicted octanol–water partition coefficient (Wildman–Crippen LogP) is 5.15. The third kappa shape index (κ3) is 5.44. The van der Waals surface area contributed by atoms with Gasteiger partial charge in [-0.15, -0.1) is 0 Å². The zero-order valence-corrected chi connectivity index (χ0v) is 15.8. The number of nitrogens with zero attached hydrogens (tertiary/aromatic N) is 2. The second-order valence-corrected chi connectivity index (χ2v) is 7.06. The predicted molar refractivity (Wildman–Crippen MR) is 105 cm³/mol. The summed E-state index contributed by atoms with van der Waals surface area (Å²) in [6, 6.07) is 5.11. The van der Waals surface area contributed by atoms with Gasteiger partial charge in [0.2, 0.25) is 0 Å². The molecule has 0 saturated heterocycles. The van der Waals surface area contributed by atoms with Gasteiger partial charge in [-0.2, -0.15) is 0 Å². The molecule has 1 aromatic heterocycles. The number of allylic oxidation sites excluding steroid dienone is 1. The summed E-state index contributed by atoms with van der Waals surface area (Å²) in [5, 5.41) is 7.00. The van der Waals surface area contributed by atoms with Crippen molar-refractivity contribution in [2.75, 3.05) is 11.9 Å². The molecule has 5 nitrogen and oxygen atoms in total. The average Bonchev–Trinajstić information content (AvgIpc) is 2.62. The Balaban J connectivity index is 1.53. The molecule has 0 atom stereocenters. The highest BCUT2D eigenvalue weighted by Gasteiger charge is 2.09. The minimum atomic E-state index is -0.216. The second-order valence-electron chi connectivity index (χ2n) is 6.18. The highest BCUT2D eigenvalue weighted by atomic mass is 35.5. The van der Waals surface area contributed by atoms with Crippen molar-refractivity contribution in [2.45, 2.75) is 32.1 Å². The van der Waals surface area contributed by atoms with Crippen molar-refractivity contribution in [2.24, 2.45) is 0 Å². The number of carbonyl (C=O) groups is 1. The molecule has 2 N–H and O–H groups in total. The zero-order valence-electron chi connectivity index (χ0n) is 14.3. The molecule has 1 aliphatic carbocycles. The van der Waals surface area contributed by atoms with Gasteiger partial charge in [-0.05, 0) is 50.3 Å². The standard InChI is InChI=1S/C19H20Cl2N4O/c20-14-8-15(21)10-16(9-14)25-18-12-23-17(11-24-18)19(26)22-7-6-13-4-2-1-3-5-13/h4,8-12H,1-3,5-7H2,(H,22,26)(H,24,25). The highest BCUT2D eigenvalue weighted by Crippen LogP contribution is 2.24. The molecule has 2 aromatic rings. The molecule has 136 valence electrons. The monoisotopic (exact) mass is 390 g/mol. The first-order chi connectivity index (χ1) is 12.6. The molecule has 0 saturated carbocycles. The maximum Gasteiger partial charge on any atom is 0.271 e. The molecule has 26 heavy (non-hydrogen) atoms. The van der Waals surface area contributed by atoms with Gasteiger partial charge in [-0.25, -0.2) is 9.97 Å². The number of rotatable bonds is 6. The van der Waals surface area contributed by atoms with Gasteiger partial charge >= 0.3 is 0 Å². The smallest absolute Gasteiger partial charge is 0.271 e. The Kier molecular flexibility index (Phi) is 6.47. The van der Waals surface area contributed by atoms with Crippen LogP contribution in [0.2, 0.25) is 10.0 Å². The fourth-order valence-corrected chi connectivity index (χ4v) is 3.37. The molecule has 0 radical (unpaired) electrons. The van der Waals surface area contributed by atoms with Crippen molar-refractivity contribution in [3.05, 3.63) is 58.0 Å². The maximum atomic E-state index is 12.2. The number of amides is 1. The van der Waals surface area contributed by atoms with Gasteiger partial charge in [0, 0.05) is 22.3 Å². The number of benzene rings is 1. The zero-order chi connectivity index (χ0) is 18.4. The summed E-state index contributed by atoms with van der Waals surface area (Å²) in [5.74, 6) is 0.290. The van der Waals surface area contributed by atoms with Gasteiger partial charge in [0.1, 0.15) is 11.5 Å². The van der Waals surface area contributed by atoms with Gasteiger partial charge in [0.15, 0.2) is 0 Å².